The Hall–Kier alpha value is -2.95. The van der Waals surface area contributed by atoms with Crippen LogP contribution in [0.15, 0.2) is 53.6 Å². The number of aryl methyl sites for hydroxylation is 2. The van der Waals surface area contributed by atoms with Gasteiger partial charge in [0.05, 0.1) is 5.69 Å². The predicted octanol–water partition coefficient (Wildman–Crippen LogP) is 3.84. The number of hydrogen-bond donors (Lipinski definition) is 0. The topological polar surface area (TPSA) is 53.0 Å². The van der Waals surface area contributed by atoms with Crippen LogP contribution in [0.25, 0.3) is 0 Å². The number of benzene rings is 2. The number of para-hydroxylation sites is 1. The van der Waals surface area contributed by atoms with Gasteiger partial charge >= 0.3 is 0 Å². The lowest BCUT2D eigenvalue weighted by molar-refractivity contribution is -0.118. The second kappa shape index (κ2) is 7.52. The summed E-state index contributed by atoms with van der Waals surface area (Å²) in [7, 11) is 0. The number of carbonyl (C=O) groups excluding carboxylic acids is 2. The molecule has 0 atom stereocenters. The molecule has 0 fully saturated rings. The van der Waals surface area contributed by atoms with Gasteiger partial charge in [-0.3, -0.25) is 9.59 Å². The van der Waals surface area contributed by atoms with Gasteiger partial charge in [-0.2, -0.15) is 5.10 Å². The molecule has 0 aliphatic carbocycles. The number of carbonyl (C=O) groups is 2. The quantitative estimate of drug-likeness (QED) is 0.842. The lowest BCUT2D eigenvalue weighted by Crippen LogP contribution is -2.41. The van der Waals surface area contributed by atoms with E-state index in [0.717, 1.165) is 22.5 Å². The SMILES string of the molecule is CCN(C(=O)C1=NN(c2cc(C)ccc2C)C(=O)CC1)c1ccccc1. The van der Waals surface area contributed by atoms with Crippen molar-refractivity contribution in [2.24, 2.45) is 5.10 Å². The summed E-state index contributed by atoms with van der Waals surface area (Å²) < 4.78 is 0. The van der Waals surface area contributed by atoms with Crippen LogP contribution < -0.4 is 9.91 Å². The first-order valence-electron chi connectivity index (χ1n) is 8.86. The average molecular weight is 349 g/mol. The zero-order valence-corrected chi connectivity index (χ0v) is 15.4. The van der Waals surface area contributed by atoms with Gasteiger partial charge in [0, 0.05) is 25.1 Å². The second-order valence-corrected chi connectivity index (χ2v) is 6.43. The molecule has 0 N–H and O–H groups in total. The molecule has 2 aromatic rings. The molecule has 0 unspecified atom stereocenters. The molecule has 1 heterocycles. The highest BCUT2D eigenvalue weighted by Gasteiger charge is 2.29. The summed E-state index contributed by atoms with van der Waals surface area (Å²) in [6, 6.07) is 15.4. The molecule has 0 saturated heterocycles. The third-order valence-electron chi connectivity index (χ3n) is 4.50. The number of hydrazone groups is 1. The highest BCUT2D eigenvalue weighted by atomic mass is 16.2. The molecule has 0 saturated carbocycles. The van der Waals surface area contributed by atoms with Gasteiger partial charge in [0.2, 0.25) is 5.91 Å². The van der Waals surface area contributed by atoms with Crippen LogP contribution in [0.2, 0.25) is 0 Å². The minimum Gasteiger partial charge on any atom is -0.308 e. The second-order valence-electron chi connectivity index (χ2n) is 6.43. The van der Waals surface area contributed by atoms with Gasteiger partial charge < -0.3 is 4.90 Å². The van der Waals surface area contributed by atoms with Crippen LogP contribution in [0.1, 0.15) is 30.9 Å². The highest BCUT2D eigenvalue weighted by Crippen LogP contribution is 2.26. The first kappa shape index (κ1) is 17.9. The standard InChI is InChI=1S/C21H23N3O2/c1-4-23(17-8-6-5-7-9-17)21(26)18-12-13-20(25)24(22-18)19-14-15(2)10-11-16(19)3/h5-11,14H,4,12-13H2,1-3H3. The van der Waals surface area contributed by atoms with E-state index >= 15 is 0 Å². The summed E-state index contributed by atoms with van der Waals surface area (Å²) in [5.74, 6) is -0.237. The Morgan fingerprint density at radius 2 is 1.85 bits per heavy atom. The van der Waals surface area contributed by atoms with Crippen molar-refractivity contribution in [3.63, 3.8) is 0 Å². The maximum atomic E-state index is 13.0. The van der Waals surface area contributed by atoms with Gasteiger partial charge in [-0.05, 0) is 50.1 Å². The summed E-state index contributed by atoms with van der Waals surface area (Å²) in [5.41, 5.74) is 3.99. The average Bonchev–Trinajstić information content (AvgIpc) is 2.65. The van der Waals surface area contributed by atoms with E-state index in [4.69, 9.17) is 0 Å². The van der Waals surface area contributed by atoms with Crippen molar-refractivity contribution in [2.75, 3.05) is 16.5 Å². The van der Waals surface area contributed by atoms with Crippen molar-refractivity contribution >= 4 is 28.9 Å². The molecule has 0 aromatic heterocycles. The lowest BCUT2D eigenvalue weighted by Gasteiger charge is -2.27. The van der Waals surface area contributed by atoms with Crippen LogP contribution in [0, 0.1) is 13.8 Å². The van der Waals surface area contributed by atoms with E-state index in [0.29, 0.717) is 18.7 Å². The van der Waals surface area contributed by atoms with Crippen molar-refractivity contribution in [1.82, 2.24) is 0 Å². The molecule has 2 amide bonds. The van der Waals surface area contributed by atoms with E-state index < -0.39 is 0 Å². The molecule has 0 bridgehead atoms. The number of rotatable bonds is 4. The summed E-state index contributed by atoms with van der Waals surface area (Å²) >= 11 is 0. The fourth-order valence-electron chi connectivity index (χ4n) is 3.05. The highest BCUT2D eigenvalue weighted by molar-refractivity contribution is 6.44. The van der Waals surface area contributed by atoms with Crippen molar-refractivity contribution in [3.05, 3.63) is 59.7 Å². The summed E-state index contributed by atoms with van der Waals surface area (Å²) in [4.78, 5) is 27.1. The minimum atomic E-state index is -0.151. The van der Waals surface area contributed by atoms with Crippen molar-refractivity contribution in [1.29, 1.82) is 0 Å². The van der Waals surface area contributed by atoms with Crippen molar-refractivity contribution in [3.8, 4) is 0 Å². The van der Waals surface area contributed by atoms with E-state index in [1.807, 2.05) is 69.3 Å². The molecule has 5 heteroatoms. The first-order valence-corrected chi connectivity index (χ1v) is 8.86. The zero-order valence-electron chi connectivity index (χ0n) is 15.4. The van der Waals surface area contributed by atoms with E-state index in [2.05, 4.69) is 5.10 Å². The van der Waals surface area contributed by atoms with Gasteiger partial charge in [0.25, 0.3) is 5.91 Å². The van der Waals surface area contributed by atoms with Gasteiger partial charge in [0.15, 0.2) is 0 Å². The van der Waals surface area contributed by atoms with Crippen LogP contribution >= 0.6 is 0 Å². The predicted molar refractivity (Wildman–Crippen MR) is 105 cm³/mol. The number of anilines is 2. The van der Waals surface area contributed by atoms with Gasteiger partial charge in [-0.1, -0.05) is 30.3 Å². The largest absolute Gasteiger partial charge is 0.308 e. The number of amides is 2. The van der Waals surface area contributed by atoms with Crippen LogP contribution in [0.4, 0.5) is 11.4 Å². The third kappa shape index (κ3) is 3.52. The smallest absolute Gasteiger partial charge is 0.274 e. The molecular weight excluding hydrogens is 326 g/mol. The Bertz CT molecular complexity index is 859. The fourth-order valence-corrected chi connectivity index (χ4v) is 3.05. The summed E-state index contributed by atoms with van der Waals surface area (Å²) in [6.45, 7) is 6.39. The minimum absolute atomic E-state index is 0.0852. The van der Waals surface area contributed by atoms with Gasteiger partial charge in [-0.15, -0.1) is 0 Å². The third-order valence-corrected chi connectivity index (χ3v) is 4.50. The molecule has 134 valence electrons. The maximum Gasteiger partial charge on any atom is 0.274 e. The fraction of sp³-hybridized carbons (Fsp3) is 0.286. The molecule has 0 spiro atoms. The Morgan fingerprint density at radius 3 is 2.54 bits per heavy atom. The van der Waals surface area contributed by atoms with Crippen LogP contribution in [0.3, 0.4) is 0 Å². The van der Waals surface area contributed by atoms with E-state index in [1.54, 1.807) is 4.90 Å². The Kier molecular flexibility index (Phi) is 5.16. The van der Waals surface area contributed by atoms with Crippen LogP contribution in [0.5, 0.6) is 0 Å². The van der Waals surface area contributed by atoms with E-state index in [9.17, 15) is 9.59 Å². The van der Waals surface area contributed by atoms with Gasteiger partial charge in [-0.25, -0.2) is 5.01 Å². The van der Waals surface area contributed by atoms with Gasteiger partial charge in [0.1, 0.15) is 5.71 Å². The first-order chi connectivity index (χ1) is 12.5. The van der Waals surface area contributed by atoms with Crippen LogP contribution in [-0.2, 0) is 9.59 Å². The van der Waals surface area contributed by atoms with Crippen LogP contribution in [-0.4, -0.2) is 24.1 Å². The molecule has 0 radical (unpaired) electrons. The molecule has 5 nitrogen and oxygen atoms in total. The van der Waals surface area contributed by atoms with E-state index in [-0.39, 0.29) is 18.2 Å². The van der Waals surface area contributed by atoms with E-state index in [1.165, 1.54) is 5.01 Å². The monoisotopic (exact) mass is 349 g/mol. The molecule has 1 aliphatic heterocycles. The Morgan fingerprint density at radius 1 is 1.12 bits per heavy atom. The normalized spacial score (nSPS) is 14.2. The van der Waals surface area contributed by atoms with Crippen molar-refractivity contribution in [2.45, 2.75) is 33.6 Å². The molecule has 2 aromatic carbocycles. The lowest BCUT2D eigenvalue weighted by atomic mass is 10.1. The van der Waals surface area contributed by atoms with Crippen molar-refractivity contribution < 1.29 is 9.59 Å². The molecular formula is C21H23N3O2. The Balaban J connectivity index is 1.95. The molecule has 1 aliphatic rings. The summed E-state index contributed by atoms with van der Waals surface area (Å²) in [6.07, 6.45) is 0.645. The maximum absolute atomic E-state index is 13.0. The zero-order chi connectivity index (χ0) is 18.7. The number of nitrogens with zero attached hydrogens (tertiary/aromatic N) is 3. The number of hydrogen-bond acceptors (Lipinski definition) is 3. The molecule has 3 rings (SSSR count). The molecule has 26 heavy (non-hydrogen) atoms. The Labute approximate surface area is 153 Å². The summed E-state index contributed by atoms with van der Waals surface area (Å²) in [5, 5.41) is 5.83.